The number of hydrogen-bond acceptors (Lipinski definition) is 2. The fourth-order valence-electron chi connectivity index (χ4n) is 0.0833. The molecule has 0 bridgehead atoms. The molecule has 0 unspecified atom stereocenters. The fourth-order valence-corrected chi connectivity index (χ4v) is 0.750. The summed E-state index contributed by atoms with van der Waals surface area (Å²) >= 11 is 0. The van der Waals surface area contributed by atoms with E-state index >= 15 is 0 Å². The van der Waals surface area contributed by atoms with E-state index in [0.717, 1.165) is 21.6 Å². The van der Waals surface area contributed by atoms with E-state index in [9.17, 15) is 0 Å². The van der Waals surface area contributed by atoms with Crippen LogP contribution in [0.5, 0.6) is 0 Å². The SMILES string of the molecule is [2H]C([2H])([2H])CSSCC([2H])([2H])[2H]. The van der Waals surface area contributed by atoms with Crippen LogP contribution in [0.3, 0.4) is 0 Å². The third-order valence-electron chi connectivity index (χ3n) is 0.201. The van der Waals surface area contributed by atoms with Crippen LogP contribution in [0.25, 0.3) is 0 Å². The Morgan fingerprint density at radius 3 is 2.17 bits per heavy atom. The molecule has 0 saturated carbocycles. The Labute approximate surface area is 55.9 Å². The van der Waals surface area contributed by atoms with Crippen molar-refractivity contribution in [3.63, 3.8) is 0 Å². The van der Waals surface area contributed by atoms with Crippen LogP contribution in [0.4, 0.5) is 0 Å². The van der Waals surface area contributed by atoms with Gasteiger partial charge in [0.2, 0.25) is 0 Å². The quantitative estimate of drug-likeness (QED) is 0.423. The Hall–Kier alpha value is 0.700. The molecule has 0 aromatic rings. The minimum absolute atomic E-state index is 0.00620. The molecule has 0 rings (SSSR count). The molecule has 0 aliphatic heterocycles. The van der Waals surface area contributed by atoms with Crippen molar-refractivity contribution in [2.75, 3.05) is 11.5 Å². The van der Waals surface area contributed by atoms with E-state index in [2.05, 4.69) is 0 Å². The third-order valence-corrected chi connectivity index (χ3v) is 1.81. The second-order valence-electron chi connectivity index (χ2n) is 0.524. The second-order valence-corrected chi connectivity index (χ2v) is 2.99. The molecule has 0 nitrogen and oxygen atoms in total. The molecule has 0 aliphatic rings. The molecule has 0 fully saturated rings. The summed E-state index contributed by atoms with van der Waals surface area (Å²) in [5.41, 5.74) is 0. The first-order valence-corrected chi connectivity index (χ1v) is 3.94. The van der Waals surface area contributed by atoms with Crippen LogP contribution in [0, 0.1) is 0 Å². The zero-order valence-electron chi connectivity index (χ0n) is 9.23. The summed E-state index contributed by atoms with van der Waals surface area (Å²) in [7, 11) is 2.16. The summed E-state index contributed by atoms with van der Waals surface area (Å²) in [5.74, 6) is -0.0124. The van der Waals surface area contributed by atoms with Gasteiger partial charge in [-0.15, -0.1) is 0 Å². The first-order valence-electron chi connectivity index (χ1n) is 4.45. The molecular weight excluding hydrogens is 112 g/mol. The lowest BCUT2D eigenvalue weighted by molar-refractivity contribution is 1.53. The predicted octanol–water partition coefficient (Wildman–Crippen LogP) is 2.41. The van der Waals surface area contributed by atoms with E-state index < -0.39 is 13.7 Å². The van der Waals surface area contributed by atoms with Crippen LogP contribution in [0.15, 0.2) is 0 Å². The monoisotopic (exact) mass is 128 g/mol. The molecule has 0 spiro atoms. The van der Waals surface area contributed by atoms with Gasteiger partial charge in [-0.05, 0) is 0 Å². The molecule has 6 heavy (non-hydrogen) atoms. The highest BCUT2D eigenvalue weighted by Gasteiger charge is 1.75. The Bertz CT molecular complexity index is 110. The van der Waals surface area contributed by atoms with Crippen LogP contribution in [-0.4, -0.2) is 11.5 Å². The molecule has 38 valence electrons. The molecular formula is C4H10S2. The van der Waals surface area contributed by atoms with Crippen LogP contribution < -0.4 is 0 Å². The minimum Gasteiger partial charge on any atom is -0.0945 e. The first kappa shape index (κ1) is 1.59. The molecule has 0 aromatic heterocycles. The highest BCUT2D eigenvalue weighted by atomic mass is 33.1. The first-order chi connectivity index (χ1) is 5.21. The van der Waals surface area contributed by atoms with E-state index in [1.54, 1.807) is 0 Å². The number of hydrogen-bond donors (Lipinski definition) is 0. The number of rotatable bonds is 3. The van der Waals surface area contributed by atoms with Gasteiger partial charge in [0.25, 0.3) is 0 Å². The molecule has 0 saturated heterocycles. The third kappa shape index (κ3) is 4.70. The van der Waals surface area contributed by atoms with Gasteiger partial charge in [-0.25, -0.2) is 0 Å². The maximum Gasteiger partial charge on any atom is 0.0239 e. The van der Waals surface area contributed by atoms with E-state index in [4.69, 9.17) is 8.22 Å². The molecule has 0 atom stereocenters. The molecule has 0 aliphatic carbocycles. The summed E-state index contributed by atoms with van der Waals surface area (Å²) in [4.78, 5) is 0. The lowest BCUT2D eigenvalue weighted by Gasteiger charge is -1.86. The van der Waals surface area contributed by atoms with Crippen molar-refractivity contribution in [1.82, 2.24) is 0 Å². The molecule has 0 radical (unpaired) electrons. The lowest BCUT2D eigenvalue weighted by atomic mass is 11.0. The fraction of sp³-hybridized carbons (Fsp3) is 1.00. The molecule has 2 heteroatoms. The molecule has 0 heterocycles. The topological polar surface area (TPSA) is 0 Å². The van der Waals surface area contributed by atoms with Crippen LogP contribution >= 0.6 is 21.6 Å². The summed E-state index contributed by atoms with van der Waals surface area (Å²) in [6.07, 6.45) is 0. The molecule has 0 amide bonds. The van der Waals surface area contributed by atoms with Crippen molar-refractivity contribution in [1.29, 1.82) is 0 Å². The Kier molecular flexibility index (Phi) is 1.51. The summed E-state index contributed by atoms with van der Waals surface area (Å²) in [5, 5.41) is 0. The van der Waals surface area contributed by atoms with Crippen molar-refractivity contribution in [2.45, 2.75) is 13.7 Å². The predicted molar refractivity (Wildman–Crippen MR) is 36.3 cm³/mol. The Morgan fingerprint density at radius 1 is 1.33 bits per heavy atom. The van der Waals surface area contributed by atoms with Gasteiger partial charge in [-0.1, -0.05) is 35.3 Å². The standard InChI is InChI=1S/C4H10S2/c1-3-5-6-4-2/h3-4H2,1-2H3/i1D3,2D3. The van der Waals surface area contributed by atoms with E-state index in [0.29, 0.717) is 0 Å². The van der Waals surface area contributed by atoms with Gasteiger partial charge in [-0.3, -0.25) is 0 Å². The van der Waals surface area contributed by atoms with Gasteiger partial charge in [-0.2, -0.15) is 0 Å². The van der Waals surface area contributed by atoms with Gasteiger partial charge in [0.1, 0.15) is 0 Å². The van der Waals surface area contributed by atoms with E-state index in [1.165, 1.54) is 0 Å². The maximum atomic E-state index is 6.82. The van der Waals surface area contributed by atoms with Crippen molar-refractivity contribution in [2.24, 2.45) is 0 Å². The van der Waals surface area contributed by atoms with E-state index in [1.807, 2.05) is 0 Å². The second kappa shape index (κ2) is 5.70. The normalized spacial score (nSPS) is 28.0. The van der Waals surface area contributed by atoms with Crippen LogP contribution in [-0.2, 0) is 0 Å². The summed E-state index contributed by atoms with van der Waals surface area (Å²) < 4.78 is 40.9. The van der Waals surface area contributed by atoms with Crippen LogP contribution in [0.1, 0.15) is 21.9 Å². The largest absolute Gasteiger partial charge is 0.0945 e. The van der Waals surface area contributed by atoms with Gasteiger partial charge in [0, 0.05) is 19.7 Å². The highest BCUT2D eigenvalue weighted by Crippen LogP contribution is 2.18. The van der Waals surface area contributed by atoms with Crippen molar-refractivity contribution < 1.29 is 8.22 Å². The average Bonchev–Trinajstić information content (AvgIpc) is 1.76. The summed E-state index contributed by atoms with van der Waals surface area (Å²) in [6.45, 7) is -3.93. The Morgan fingerprint density at radius 2 is 1.83 bits per heavy atom. The van der Waals surface area contributed by atoms with Crippen molar-refractivity contribution >= 4 is 21.6 Å². The van der Waals surface area contributed by atoms with Crippen molar-refractivity contribution in [3.8, 4) is 0 Å². The molecule has 0 N–H and O–H groups in total. The van der Waals surface area contributed by atoms with Gasteiger partial charge < -0.3 is 0 Å². The maximum absolute atomic E-state index is 6.82. The van der Waals surface area contributed by atoms with Crippen LogP contribution in [0.2, 0.25) is 0 Å². The zero-order chi connectivity index (χ0) is 9.83. The van der Waals surface area contributed by atoms with Gasteiger partial charge in [0.05, 0.1) is 0 Å². The molecule has 0 aromatic carbocycles. The lowest BCUT2D eigenvalue weighted by Crippen LogP contribution is -1.59. The smallest absolute Gasteiger partial charge is 0.0239 e. The van der Waals surface area contributed by atoms with E-state index in [-0.39, 0.29) is 11.5 Å². The average molecular weight is 128 g/mol. The Balaban J connectivity index is 3.35. The van der Waals surface area contributed by atoms with Gasteiger partial charge >= 0.3 is 0 Å². The zero-order valence-corrected chi connectivity index (χ0v) is 4.86. The summed E-state index contributed by atoms with van der Waals surface area (Å²) in [6, 6.07) is 0. The highest BCUT2D eigenvalue weighted by molar-refractivity contribution is 8.76. The van der Waals surface area contributed by atoms with Crippen molar-refractivity contribution in [3.05, 3.63) is 0 Å². The van der Waals surface area contributed by atoms with Gasteiger partial charge in [0.15, 0.2) is 0 Å². The minimum atomic E-state index is -1.97.